The van der Waals surface area contributed by atoms with Crippen LogP contribution in [0.4, 0.5) is 11.6 Å². The van der Waals surface area contributed by atoms with Gasteiger partial charge in [-0.3, -0.25) is 0 Å². The van der Waals surface area contributed by atoms with E-state index < -0.39 is 10.0 Å². The number of sulfonamides is 1. The Kier molecular flexibility index (Phi) is 6.22. The average molecular weight is 436 g/mol. The van der Waals surface area contributed by atoms with Crippen LogP contribution in [-0.2, 0) is 15.8 Å². The lowest BCUT2D eigenvalue weighted by Gasteiger charge is -2.34. The number of nitrogens with zero attached hydrogens (tertiary/aromatic N) is 5. The van der Waals surface area contributed by atoms with Gasteiger partial charge < -0.3 is 9.80 Å². The molecule has 1 aromatic carbocycles. The number of aromatic nitrogens is 2. The Bertz CT molecular complexity index is 907. The number of hydrogen-bond donors (Lipinski definition) is 0. The lowest BCUT2D eigenvalue weighted by atomic mass is 10.1. The second-order valence-corrected chi connectivity index (χ2v) is 9.97. The highest BCUT2D eigenvalue weighted by Gasteiger charge is 2.28. The number of anilines is 2. The van der Waals surface area contributed by atoms with Gasteiger partial charge in [-0.25, -0.2) is 8.42 Å². The van der Waals surface area contributed by atoms with E-state index in [-0.39, 0.29) is 5.75 Å². The first-order chi connectivity index (χ1) is 14.0. The summed E-state index contributed by atoms with van der Waals surface area (Å²) in [5.74, 6) is 1.73. The Labute approximate surface area is 177 Å². The van der Waals surface area contributed by atoms with E-state index in [1.54, 1.807) is 28.6 Å². The van der Waals surface area contributed by atoms with Gasteiger partial charge in [0.1, 0.15) is 0 Å². The molecule has 156 valence electrons. The maximum atomic E-state index is 12.7. The Morgan fingerprint density at radius 2 is 1.31 bits per heavy atom. The van der Waals surface area contributed by atoms with Crippen LogP contribution in [0.25, 0.3) is 0 Å². The van der Waals surface area contributed by atoms with Crippen molar-refractivity contribution in [1.82, 2.24) is 14.5 Å². The molecule has 0 bridgehead atoms. The second-order valence-electron chi connectivity index (χ2n) is 7.57. The summed E-state index contributed by atoms with van der Waals surface area (Å²) in [5, 5.41) is 9.40. The molecule has 2 aliphatic heterocycles. The molecule has 2 saturated heterocycles. The molecular weight excluding hydrogens is 410 g/mol. The van der Waals surface area contributed by atoms with Gasteiger partial charge in [0.05, 0.1) is 5.75 Å². The van der Waals surface area contributed by atoms with Crippen molar-refractivity contribution in [1.29, 1.82) is 0 Å². The maximum absolute atomic E-state index is 12.7. The molecule has 2 fully saturated rings. The Morgan fingerprint density at radius 3 is 1.86 bits per heavy atom. The molecule has 0 radical (unpaired) electrons. The van der Waals surface area contributed by atoms with Crippen LogP contribution in [0.15, 0.2) is 36.4 Å². The monoisotopic (exact) mass is 435 g/mol. The summed E-state index contributed by atoms with van der Waals surface area (Å²) in [6.45, 7) is 4.20. The number of halogens is 1. The van der Waals surface area contributed by atoms with Crippen molar-refractivity contribution in [2.75, 3.05) is 49.1 Å². The minimum absolute atomic E-state index is 0.00545. The SMILES string of the molecule is O=S(=O)(Cc1ccc(Cl)cc1)N1CCN(c2ccc(N3CCCCC3)nn2)CC1. The van der Waals surface area contributed by atoms with Crippen LogP contribution in [0.5, 0.6) is 0 Å². The number of rotatable bonds is 5. The zero-order valence-electron chi connectivity index (χ0n) is 16.4. The van der Waals surface area contributed by atoms with Gasteiger partial charge in [-0.05, 0) is 49.1 Å². The lowest BCUT2D eigenvalue weighted by molar-refractivity contribution is 0.383. The Hall–Kier alpha value is -1.90. The highest BCUT2D eigenvalue weighted by molar-refractivity contribution is 7.88. The van der Waals surface area contributed by atoms with Crippen LogP contribution in [0.3, 0.4) is 0 Å². The molecule has 2 aliphatic rings. The van der Waals surface area contributed by atoms with Crippen molar-refractivity contribution in [2.24, 2.45) is 0 Å². The van der Waals surface area contributed by atoms with Gasteiger partial charge in [0.25, 0.3) is 0 Å². The number of piperidine rings is 1. The largest absolute Gasteiger partial charge is 0.355 e. The van der Waals surface area contributed by atoms with E-state index in [9.17, 15) is 8.42 Å². The summed E-state index contributed by atoms with van der Waals surface area (Å²) in [6, 6.07) is 11.0. The van der Waals surface area contributed by atoms with E-state index in [0.29, 0.717) is 31.2 Å². The normalized spacial score (nSPS) is 18.8. The predicted octanol–water partition coefficient (Wildman–Crippen LogP) is 2.77. The van der Waals surface area contributed by atoms with E-state index in [1.807, 2.05) is 12.1 Å². The standard InChI is InChI=1S/C20H26ClN5O2S/c21-18-6-4-17(5-7-18)16-29(27,28)26-14-12-25(13-15-26)20-9-8-19(22-23-20)24-10-2-1-3-11-24/h4-9H,1-3,10-16H2. The lowest BCUT2D eigenvalue weighted by Crippen LogP contribution is -2.49. The summed E-state index contributed by atoms with van der Waals surface area (Å²) >= 11 is 5.88. The topological polar surface area (TPSA) is 69.6 Å². The van der Waals surface area contributed by atoms with E-state index in [2.05, 4.69) is 20.0 Å². The molecule has 0 aliphatic carbocycles. The number of hydrogen-bond acceptors (Lipinski definition) is 6. The summed E-state index contributed by atoms with van der Waals surface area (Å²) in [6.07, 6.45) is 3.69. The molecule has 0 N–H and O–H groups in total. The van der Waals surface area contributed by atoms with Gasteiger partial charge in [-0.1, -0.05) is 23.7 Å². The van der Waals surface area contributed by atoms with Crippen LogP contribution < -0.4 is 9.80 Å². The van der Waals surface area contributed by atoms with E-state index in [1.165, 1.54) is 19.3 Å². The fourth-order valence-electron chi connectivity index (χ4n) is 3.86. The molecule has 1 aromatic heterocycles. The fourth-order valence-corrected chi connectivity index (χ4v) is 5.50. The van der Waals surface area contributed by atoms with Gasteiger partial charge >= 0.3 is 0 Å². The zero-order valence-corrected chi connectivity index (χ0v) is 17.9. The van der Waals surface area contributed by atoms with Crippen molar-refractivity contribution < 1.29 is 8.42 Å². The van der Waals surface area contributed by atoms with E-state index >= 15 is 0 Å². The zero-order chi connectivity index (χ0) is 20.3. The third-order valence-corrected chi connectivity index (χ3v) is 7.64. The summed E-state index contributed by atoms with van der Waals surface area (Å²) < 4.78 is 27.1. The first-order valence-corrected chi connectivity index (χ1v) is 12.1. The molecule has 29 heavy (non-hydrogen) atoms. The highest BCUT2D eigenvalue weighted by atomic mass is 35.5. The van der Waals surface area contributed by atoms with Gasteiger partial charge in [0, 0.05) is 44.3 Å². The third-order valence-electron chi connectivity index (χ3n) is 5.53. The van der Waals surface area contributed by atoms with Gasteiger partial charge in [-0.2, -0.15) is 4.31 Å². The average Bonchev–Trinajstić information content (AvgIpc) is 2.76. The molecule has 0 saturated carbocycles. The Balaban J connectivity index is 1.34. The maximum Gasteiger partial charge on any atom is 0.218 e. The Morgan fingerprint density at radius 1 is 0.759 bits per heavy atom. The predicted molar refractivity (Wildman–Crippen MR) is 116 cm³/mol. The minimum atomic E-state index is -3.36. The number of benzene rings is 1. The van der Waals surface area contributed by atoms with Crippen LogP contribution in [0.2, 0.25) is 5.02 Å². The van der Waals surface area contributed by atoms with Crippen molar-refractivity contribution in [2.45, 2.75) is 25.0 Å². The quantitative estimate of drug-likeness (QED) is 0.719. The van der Waals surface area contributed by atoms with Crippen LogP contribution in [0.1, 0.15) is 24.8 Å². The first kappa shape index (κ1) is 20.4. The molecule has 7 nitrogen and oxygen atoms in total. The molecule has 0 atom stereocenters. The highest BCUT2D eigenvalue weighted by Crippen LogP contribution is 2.21. The van der Waals surface area contributed by atoms with Gasteiger partial charge in [0.15, 0.2) is 11.6 Å². The molecule has 0 unspecified atom stereocenters. The van der Waals surface area contributed by atoms with Crippen LogP contribution in [-0.4, -0.2) is 62.2 Å². The molecule has 0 spiro atoms. The van der Waals surface area contributed by atoms with Crippen LogP contribution >= 0.6 is 11.6 Å². The fraction of sp³-hybridized carbons (Fsp3) is 0.500. The summed E-state index contributed by atoms with van der Waals surface area (Å²) in [7, 11) is -3.36. The molecule has 4 rings (SSSR count). The summed E-state index contributed by atoms with van der Waals surface area (Å²) in [4.78, 5) is 4.38. The van der Waals surface area contributed by atoms with E-state index in [4.69, 9.17) is 11.6 Å². The van der Waals surface area contributed by atoms with Crippen molar-refractivity contribution in [3.8, 4) is 0 Å². The molecule has 3 heterocycles. The molecule has 9 heteroatoms. The molecule has 0 amide bonds. The van der Waals surface area contributed by atoms with Crippen molar-refractivity contribution in [3.63, 3.8) is 0 Å². The number of piperazine rings is 1. The smallest absolute Gasteiger partial charge is 0.218 e. The first-order valence-electron chi connectivity index (χ1n) is 10.1. The second kappa shape index (κ2) is 8.85. The molecular formula is C20H26ClN5O2S. The van der Waals surface area contributed by atoms with Gasteiger partial charge in [-0.15, -0.1) is 10.2 Å². The van der Waals surface area contributed by atoms with Crippen molar-refractivity contribution >= 4 is 33.3 Å². The van der Waals surface area contributed by atoms with E-state index in [0.717, 1.165) is 30.3 Å². The van der Waals surface area contributed by atoms with Crippen molar-refractivity contribution in [3.05, 3.63) is 47.0 Å². The molecule has 2 aromatic rings. The van der Waals surface area contributed by atoms with Gasteiger partial charge in [0.2, 0.25) is 10.0 Å². The third kappa shape index (κ3) is 4.99. The van der Waals surface area contributed by atoms with Crippen LogP contribution in [0, 0.1) is 0 Å². The minimum Gasteiger partial charge on any atom is -0.355 e. The summed E-state index contributed by atoms with van der Waals surface area (Å²) in [5.41, 5.74) is 0.746.